The van der Waals surface area contributed by atoms with E-state index >= 15 is 0 Å². The van der Waals surface area contributed by atoms with Gasteiger partial charge in [0.05, 0.1) is 17.9 Å². The van der Waals surface area contributed by atoms with Crippen LogP contribution in [-0.4, -0.2) is 17.0 Å². The second-order valence-electron chi connectivity index (χ2n) is 4.99. The van der Waals surface area contributed by atoms with Gasteiger partial charge in [-0.25, -0.2) is 4.79 Å². The Kier molecular flexibility index (Phi) is 3.48. The van der Waals surface area contributed by atoms with Crippen molar-refractivity contribution in [1.82, 2.24) is 4.40 Å². The normalized spacial score (nSPS) is 10.8. The Morgan fingerprint density at radius 3 is 2.76 bits per heavy atom. The fourth-order valence-corrected chi connectivity index (χ4v) is 2.57. The van der Waals surface area contributed by atoms with Crippen LogP contribution in [-0.2, 0) is 4.74 Å². The van der Waals surface area contributed by atoms with Crippen LogP contribution >= 0.6 is 0 Å². The van der Waals surface area contributed by atoms with E-state index in [1.54, 1.807) is 0 Å². The number of carbonyl (C=O) groups is 1. The van der Waals surface area contributed by atoms with Crippen molar-refractivity contribution < 1.29 is 9.53 Å². The van der Waals surface area contributed by atoms with Gasteiger partial charge in [-0.2, -0.15) is 0 Å². The van der Waals surface area contributed by atoms with Gasteiger partial charge < -0.3 is 9.14 Å². The number of nitrogens with zero attached hydrogens (tertiary/aromatic N) is 1. The highest BCUT2D eigenvalue weighted by molar-refractivity contribution is 5.99. The summed E-state index contributed by atoms with van der Waals surface area (Å²) in [6.45, 7) is 4.24. The minimum Gasteiger partial charge on any atom is -0.462 e. The standard InChI is InChI=1S/C18H17NO2/c1-3-21-18(20)16-12-15-9-4-5-10-19(15)17(16)14-8-6-7-13(2)11-14/h4-12H,3H2,1-2H3. The minimum absolute atomic E-state index is 0.280. The molecule has 2 aromatic heterocycles. The topological polar surface area (TPSA) is 30.7 Å². The van der Waals surface area contributed by atoms with Gasteiger partial charge in [0.1, 0.15) is 0 Å². The van der Waals surface area contributed by atoms with Crippen LogP contribution in [0.25, 0.3) is 16.8 Å². The lowest BCUT2D eigenvalue weighted by atomic mass is 10.1. The van der Waals surface area contributed by atoms with E-state index in [0.29, 0.717) is 12.2 Å². The monoisotopic (exact) mass is 279 g/mol. The second-order valence-corrected chi connectivity index (χ2v) is 4.99. The Morgan fingerprint density at radius 2 is 2.00 bits per heavy atom. The van der Waals surface area contributed by atoms with Crippen LogP contribution in [0.15, 0.2) is 54.7 Å². The highest BCUT2D eigenvalue weighted by Crippen LogP contribution is 2.28. The zero-order valence-corrected chi connectivity index (χ0v) is 12.2. The Hall–Kier alpha value is -2.55. The van der Waals surface area contributed by atoms with Gasteiger partial charge >= 0.3 is 5.97 Å². The number of aryl methyl sites for hydroxylation is 1. The summed E-state index contributed by atoms with van der Waals surface area (Å²) >= 11 is 0. The van der Waals surface area contributed by atoms with Crippen LogP contribution in [0.3, 0.4) is 0 Å². The number of fused-ring (bicyclic) bond motifs is 1. The Balaban J connectivity index is 2.27. The molecular formula is C18H17NO2. The summed E-state index contributed by atoms with van der Waals surface area (Å²) in [7, 11) is 0. The number of ether oxygens (including phenoxy) is 1. The smallest absolute Gasteiger partial charge is 0.340 e. The van der Waals surface area contributed by atoms with Crippen molar-refractivity contribution >= 4 is 11.5 Å². The summed E-state index contributed by atoms with van der Waals surface area (Å²) in [4.78, 5) is 12.3. The van der Waals surface area contributed by atoms with Gasteiger partial charge in [-0.05, 0) is 43.7 Å². The zero-order valence-electron chi connectivity index (χ0n) is 12.2. The molecule has 2 heterocycles. The van der Waals surface area contributed by atoms with E-state index in [0.717, 1.165) is 22.3 Å². The van der Waals surface area contributed by atoms with Crippen LogP contribution < -0.4 is 0 Å². The molecule has 0 saturated carbocycles. The van der Waals surface area contributed by atoms with Crippen molar-refractivity contribution in [3.05, 3.63) is 65.9 Å². The third-order valence-corrected chi connectivity index (χ3v) is 3.47. The molecule has 3 rings (SSSR count). The predicted octanol–water partition coefficient (Wildman–Crippen LogP) is 4.09. The van der Waals surface area contributed by atoms with E-state index in [1.807, 2.05) is 66.9 Å². The molecule has 0 radical (unpaired) electrons. The van der Waals surface area contributed by atoms with Gasteiger partial charge in [-0.1, -0.05) is 29.8 Å². The van der Waals surface area contributed by atoms with Crippen LogP contribution in [0.2, 0.25) is 0 Å². The molecule has 0 saturated heterocycles. The summed E-state index contributed by atoms with van der Waals surface area (Å²) < 4.78 is 7.23. The van der Waals surface area contributed by atoms with Crippen LogP contribution in [0.5, 0.6) is 0 Å². The SMILES string of the molecule is CCOC(=O)c1cc2ccccn2c1-c1cccc(C)c1. The largest absolute Gasteiger partial charge is 0.462 e. The molecule has 0 aliphatic rings. The molecule has 0 atom stereocenters. The number of hydrogen-bond acceptors (Lipinski definition) is 2. The van der Waals surface area contributed by atoms with E-state index < -0.39 is 0 Å². The molecule has 0 fully saturated rings. The maximum Gasteiger partial charge on any atom is 0.340 e. The second kappa shape index (κ2) is 5.44. The summed E-state index contributed by atoms with van der Waals surface area (Å²) in [6.07, 6.45) is 1.97. The lowest BCUT2D eigenvalue weighted by Gasteiger charge is -2.07. The molecular weight excluding hydrogens is 262 g/mol. The molecule has 0 amide bonds. The van der Waals surface area contributed by atoms with Gasteiger partial charge in [0, 0.05) is 11.7 Å². The van der Waals surface area contributed by atoms with Gasteiger partial charge in [-0.3, -0.25) is 0 Å². The maximum absolute atomic E-state index is 12.3. The minimum atomic E-state index is -0.280. The first-order chi connectivity index (χ1) is 10.2. The summed E-state index contributed by atoms with van der Waals surface area (Å²) in [5.41, 5.74) is 4.65. The van der Waals surface area contributed by atoms with Crippen LogP contribution in [0.4, 0.5) is 0 Å². The molecule has 3 heteroatoms. The highest BCUT2D eigenvalue weighted by atomic mass is 16.5. The maximum atomic E-state index is 12.3. The van der Waals surface area contributed by atoms with E-state index in [4.69, 9.17) is 4.74 Å². The number of carbonyl (C=O) groups excluding carboxylic acids is 1. The molecule has 21 heavy (non-hydrogen) atoms. The Bertz CT molecular complexity index is 802. The summed E-state index contributed by atoms with van der Waals surface area (Å²) in [5.74, 6) is -0.280. The summed E-state index contributed by atoms with van der Waals surface area (Å²) in [5, 5.41) is 0. The van der Waals surface area contributed by atoms with Crippen molar-refractivity contribution in [2.24, 2.45) is 0 Å². The molecule has 0 bridgehead atoms. The number of rotatable bonds is 3. The van der Waals surface area contributed by atoms with E-state index in [9.17, 15) is 4.79 Å². The molecule has 0 unspecified atom stereocenters. The van der Waals surface area contributed by atoms with Crippen LogP contribution in [0, 0.1) is 6.92 Å². The lowest BCUT2D eigenvalue weighted by molar-refractivity contribution is 0.0527. The molecule has 0 spiro atoms. The van der Waals surface area contributed by atoms with Crippen molar-refractivity contribution in [2.75, 3.05) is 6.61 Å². The first-order valence-electron chi connectivity index (χ1n) is 7.05. The number of esters is 1. The summed E-state index contributed by atoms with van der Waals surface area (Å²) in [6, 6.07) is 15.9. The lowest BCUT2D eigenvalue weighted by Crippen LogP contribution is -2.05. The fraction of sp³-hybridized carbons (Fsp3) is 0.167. The predicted molar refractivity (Wildman–Crippen MR) is 83.5 cm³/mol. The Morgan fingerprint density at radius 1 is 1.14 bits per heavy atom. The van der Waals surface area contributed by atoms with E-state index in [2.05, 4.69) is 6.07 Å². The Labute approximate surface area is 123 Å². The van der Waals surface area contributed by atoms with Gasteiger partial charge in [0.25, 0.3) is 0 Å². The van der Waals surface area contributed by atoms with Gasteiger partial charge in [-0.15, -0.1) is 0 Å². The third-order valence-electron chi connectivity index (χ3n) is 3.47. The molecule has 3 nitrogen and oxygen atoms in total. The average Bonchev–Trinajstić information content (AvgIpc) is 2.87. The quantitative estimate of drug-likeness (QED) is 0.676. The highest BCUT2D eigenvalue weighted by Gasteiger charge is 2.19. The first kappa shape index (κ1) is 13.4. The van der Waals surface area contributed by atoms with E-state index in [1.165, 1.54) is 0 Å². The fourth-order valence-electron chi connectivity index (χ4n) is 2.57. The van der Waals surface area contributed by atoms with Gasteiger partial charge in [0.15, 0.2) is 0 Å². The molecule has 1 aromatic carbocycles. The number of pyridine rings is 1. The van der Waals surface area contributed by atoms with Crippen LogP contribution in [0.1, 0.15) is 22.8 Å². The number of hydrogen-bond donors (Lipinski definition) is 0. The molecule has 3 aromatic rings. The first-order valence-corrected chi connectivity index (χ1v) is 7.05. The van der Waals surface area contributed by atoms with Crippen molar-refractivity contribution in [1.29, 1.82) is 0 Å². The average molecular weight is 279 g/mol. The molecule has 106 valence electrons. The van der Waals surface area contributed by atoms with Crippen molar-refractivity contribution in [2.45, 2.75) is 13.8 Å². The van der Waals surface area contributed by atoms with Crippen molar-refractivity contribution in [3.63, 3.8) is 0 Å². The zero-order chi connectivity index (χ0) is 14.8. The number of benzene rings is 1. The molecule has 0 aliphatic carbocycles. The number of aromatic nitrogens is 1. The molecule has 0 aliphatic heterocycles. The molecule has 0 N–H and O–H groups in total. The third kappa shape index (κ3) is 2.42. The van der Waals surface area contributed by atoms with Crippen molar-refractivity contribution in [3.8, 4) is 11.3 Å². The van der Waals surface area contributed by atoms with Gasteiger partial charge in [0.2, 0.25) is 0 Å². The van der Waals surface area contributed by atoms with E-state index in [-0.39, 0.29) is 5.97 Å².